The van der Waals surface area contributed by atoms with Gasteiger partial charge in [0.25, 0.3) is 0 Å². The molecule has 1 heterocycles. The minimum absolute atomic E-state index is 0.542. The molecule has 0 saturated heterocycles. The minimum atomic E-state index is 0.542. The highest BCUT2D eigenvalue weighted by Gasteiger charge is 2.06. The van der Waals surface area contributed by atoms with Crippen molar-refractivity contribution in [1.29, 1.82) is 0 Å². The van der Waals surface area contributed by atoms with E-state index in [-0.39, 0.29) is 0 Å². The van der Waals surface area contributed by atoms with Crippen LogP contribution in [0.25, 0.3) is 0 Å². The molecule has 0 aliphatic rings. The smallest absolute Gasteiger partial charge is 0.0223 e. The third kappa shape index (κ3) is 4.37. The second-order valence-electron chi connectivity index (χ2n) is 4.45. The number of rotatable bonds is 7. The third-order valence-electron chi connectivity index (χ3n) is 2.97. The lowest BCUT2D eigenvalue weighted by Crippen LogP contribution is -2.38. The van der Waals surface area contributed by atoms with Gasteiger partial charge in [0.2, 0.25) is 0 Å². The van der Waals surface area contributed by atoms with Gasteiger partial charge in [-0.1, -0.05) is 13.8 Å². The predicted molar refractivity (Wildman–Crippen MR) is 69.5 cm³/mol. The maximum atomic E-state index is 3.56. The Labute approximate surface area is 99.4 Å². The highest BCUT2D eigenvalue weighted by Crippen LogP contribution is 2.00. The van der Waals surface area contributed by atoms with Gasteiger partial charge in [0.15, 0.2) is 0 Å². The molecule has 3 heteroatoms. The Bertz CT molecular complexity index is 289. The molecular formula is C13H25N3. The van der Waals surface area contributed by atoms with Crippen LogP contribution >= 0.6 is 0 Å². The lowest BCUT2D eigenvalue weighted by molar-refractivity contribution is 0.270. The quantitative estimate of drug-likeness (QED) is 0.761. The minimum Gasteiger partial charge on any atom is -0.357 e. The molecule has 1 aromatic heterocycles. The van der Waals surface area contributed by atoms with Gasteiger partial charge in [-0.3, -0.25) is 0 Å². The van der Waals surface area contributed by atoms with Crippen molar-refractivity contribution in [2.75, 3.05) is 19.6 Å². The summed E-state index contributed by atoms with van der Waals surface area (Å²) >= 11 is 0. The molecule has 1 rings (SSSR count). The Balaban J connectivity index is 2.26. The van der Waals surface area contributed by atoms with Crippen molar-refractivity contribution in [3.63, 3.8) is 0 Å². The van der Waals surface area contributed by atoms with E-state index in [4.69, 9.17) is 0 Å². The van der Waals surface area contributed by atoms with Crippen LogP contribution in [0.1, 0.15) is 26.3 Å². The number of hydrogen-bond donors (Lipinski definition) is 1. The van der Waals surface area contributed by atoms with Crippen LogP contribution in [0, 0.1) is 0 Å². The van der Waals surface area contributed by atoms with E-state index < -0.39 is 0 Å². The van der Waals surface area contributed by atoms with Gasteiger partial charge in [-0.25, -0.2) is 0 Å². The van der Waals surface area contributed by atoms with Crippen LogP contribution in [-0.4, -0.2) is 35.1 Å². The molecule has 0 fully saturated rings. The molecule has 92 valence electrons. The summed E-state index contributed by atoms with van der Waals surface area (Å²) in [6.07, 6.45) is 4.25. The Hall–Kier alpha value is -0.800. The second-order valence-corrected chi connectivity index (χ2v) is 4.45. The van der Waals surface area contributed by atoms with Crippen molar-refractivity contribution in [2.24, 2.45) is 7.05 Å². The average molecular weight is 223 g/mol. The largest absolute Gasteiger partial charge is 0.357 e. The summed E-state index contributed by atoms with van der Waals surface area (Å²) in [5.41, 5.74) is 1.36. The molecule has 0 aliphatic carbocycles. The zero-order valence-corrected chi connectivity index (χ0v) is 11.0. The van der Waals surface area contributed by atoms with Gasteiger partial charge >= 0.3 is 0 Å². The van der Waals surface area contributed by atoms with Crippen molar-refractivity contribution in [2.45, 2.75) is 33.4 Å². The summed E-state index contributed by atoms with van der Waals surface area (Å²) in [4.78, 5) is 2.45. The number of nitrogens with one attached hydrogen (secondary N) is 1. The fraction of sp³-hybridized carbons (Fsp3) is 0.692. The Morgan fingerprint density at radius 2 is 2.06 bits per heavy atom. The van der Waals surface area contributed by atoms with Gasteiger partial charge in [-0.05, 0) is 31.6 Å². The summed E-state index contributed by atoms with van der Waals surface area (Å²) < 4.78 is 2.09. The SMILES string of the molecule is CCN(CC)CC(C)NCc1ccn(C)c1. The predicted octanol–water partition coefficient (Wildman–Crippen LogP) is 1.84. The monoisotopic (exact) mass is 223 g/mol. The first-order chi connectivity index (χ1) is 7.65. The fourth-order valence-electron chi connectivity index (χ4n) is 1.89. The van der Waals surface area contributed by atoms with Crippen LogP contribution in [0.4, 0.5) is 0 Å². The van der Waals surface area contributed by atoms with Crippen LogP contribution in [0.5, 0.6) is 0 Å². The van der Waals surface area contributed by atoms with E-state index in [1.807, 2.05) is 0 Å². The maximum absolute atomic E-state index is 3.56. The lowest BCUT2D eigenvalue weighted by atomic mass is 10.2. The van der Waals surface area contributed by atoms with E-state index in [9.17, 15) is 0 Å². The zero-order valence-electron chi connectivity index (χ0n) is 11.0. The van der Waals surface area contributed by atoms with E-state index >= 15 is 0 Å². The Morgan fingerprint density at radius 3 is 2.56 bits per heavy atom. The summed E-state index contributed by atoms with van der Waals surface area (Å²) in [5.74, 6) is 0. The normalized spacial score (nSPS) is 13.3. The van der Waals surface area contributed by atoms with Crippen molar-refractivity contribution < 1.29 is 0 Å². The van der Waals surface area contributed by atoms with Crippen molar-refractivity contribution in [1.82, 2.24) is 14.8 Å². The highest BCUT2D eigenvalue weighted by molar-refractivity contribution is 5.09. The van der Waals surface area contributed by atoms with Crippen LogP contribution in [-0.2, 0) is 13.6 Å². The van der Waals surface area contributed by atoms with Gasteiger partial charge in [-0.2, -0.15) is 0 Å². The van der Waals surface area contributed by atoms with E-state index in [1.54, 1.807) is 0 Å². The van der Waals surface area contributed by atoms with Crippen LogP contribution in [0.3, 0.4) is 0 Å². The van der Waals surface area contributed by atoms with Crippen LogP contribution in [0.2, 0.25) is 0 Å². The molecule has 0 aromatic carbocycles. The first kappa shape index (κ1) is 13.3. The summed E-state index contributed by atoms with van der Waals surface area (Å²) in [7, 11) is 2.06. The second kappa shape index (κ2) is 6.71. The fourth-order valence-corrected chi connectivity index (χ4v) is 1.89. The van der Waals surface area contributed by atoms with Crippen molar-refractivity contribution in [3.8, 4) is 0 Å². The average Bonchev–Trinajstić information content (AvgIpc) is 2.69. The standard InChI is InChI=1S/C13H25N3/c1-5-16(6-2)10-12(3)14-9-13-7-8-15(4)11-13/h7-8,11-12,14H,5-6,9-10H2,1-4H3. The first-order valence-corrected chi connectivity index (χ1v) is 6.22. The Kier molecular flexibility index (Phi) is 5.56. The molecule has 1 unspecified atom stereocenters. The molecule has 1 N–H and O–H groups in total. The molecule has 0 radical (unpaired) electrons. The van der Waals surface area contributed by atoms with Crippen LogP contribution in [0.15, 0.2) is 18.5 Å². The molecule has 0 spiro atoms. The van der Waals surface area contributed by atoms with Crippen molar-refractivity contribution >= 4 is 0 Å². The highest BCUT2D eigenvalue weighted by atomic mass is 15.1. The molecule has 0 bridgehead atoms. The van der Waals surface area contributed by atoms with E-state index in [2.05, 4.69) is 61.1 Å². The molecule has 1 atom stereocenters. The topological polar surface area (TPSA) is 20.2 Å². The number of hydrogen-bond acceptors (Lipinski definition) is 2. The van der Waals surface area contributed by atoms with Crippen molar-refractivity contribution in [3.05, 3.63) is 24.0 Å². The van der Waals surface area contributed by atoms with Gasteiger partial charge in [-0.15, -0.1) is 0 Å². The molecular weight excluding hydrogens is 198 g/mol. The molecule has 3 nitrogen and oxygen atoms in total. The number of likely N-dealkylation sites (N-methyl/N-ethyl adjacent to an activating group) is 1. The zero-order chi connectivity index (χ0) is 12.0. The Morgan fingerprint density at radius 1 is 1.38 bits per heavy atom. The number of nitrogens with zero attached hydrogens (tertiary/aromatic N) is 2. The molecule has 0 saturated carbocycles. The van der Waals surface area contributed by atoms with Crippen LogP contribution < -0.4 is 5.32 Å². The lowest BCUT2D eigenvalue weighted by Gasteiger charge is -2.23. The molecule has 0 aliphatic heterocycles. The van der Waals surface area contributed by atoms with Gasteiger partial charge in [0.1, 0.15) is 0 Å². The molecule has 16 heavy (non-hydrogen) atoms. The van der Waals surface area contributed by atoms with Gasteiger partial charge in [0, 0.05) is 38.6 Å². The third-order valence-corrected chi connectivity index (χ3v) is 2.97. The molecule has 0 amide bonds. The molecule has 1 aromatic rings. The number of aromatic nitrogens is 1. The van der Waals surface area contributed by atoms with Gasteiger partial charge in [0.05, 0.1) is 0 Å². The first-order valence-electron chi connectivity index (χ1n) is 6.22. The maximum Gasteiger partial charge on any atom is 0.0223 e. The van der Waals surface area contributed by atoms with E-state index in [0.717, 1.165) is 26.2 Å². The summed E-state index contributed by atoms with van der Waals surface area (Å²) in [5, 5.41) is 3.56. The van der Waals surface area contributed by atoms with Gasteiger partial charge < -0.3 is 14.8 Å². The van der Waals surface area contributed by atoms with E-state index in [1.165, 1.54) is 5.56 Å². The summed E-state index contributed by atoms with van der Waals surface area (Å²) in [6, 6.07) is 2.71. The van der Waals surface area contributed by atoms with E-state index in [0.29, 0.717) is 6.04 Å². The summed E-state index contributed by atoms with van der Waals surface area (Å²) in [6.45, 7) is 11.0. The number of aryl methyl sites for hydroxylation is 1.